The van der Waals surface area contributed by atoms with Gasteiger partial charge in [-0.3, -0.25) is 4.79 Å². The predicted molar refractivity (Wildman–Crippen MR) is 76.8 cm³/mol. The summed E-state index contributed by atoms with van der Waals surface area (Å²) in [6.45, 7) is 2.95. The second kappa shape index (κ2) is 4.84. The standard InChI is InChI=1S/C14H20F2N2O2S/c1-9-3-14(15,16)7-17(9)12(19)11-6-21-8-18(11)10-4-13(2,20)5-10/h6,9-10,20H,3-5,7-8H2,1-2H3/t9-,10?,13?/m0/s1. The molecule has 0 aromatic rings. The zero-order valence-electron chi connectivity index (χ0n) is 12.2. The highest BCUT2D eigenvalue weighted by molar-refractivity contribution is 8.02. The van der Waals surface area contributed by atoms with Crippen molar-refractivity contribution >= 4 is 17.7 Å². The van der Waals surface area contributed by atoms with Gasteiger partial charge in [-0.1, -0.05) is 0 Å². The smallest absolute Gasteiger partial charge is 0.271 e. The molecule has 21 heavy (non-hydrogen) atoms. The molecule has 3 aliphatic rings. The van der Waals surface area contributed by atoms with E-state index in [0.29, 0.717) is 24.4 Å². The number of hydrogen-bond acceptors (Lipinski definition) is 4. The quantitative estimate of drug-likeness (QED) is 0.846. The van der Waals surface area contributed by atoms with Gasteiger partial charge in [-0.15, -0.1) is 11.8 Å². The Hall–Kier alpha value is -0.820. The van der Waals surface area contributed by atoms with Crippen molar-refractivity contribution < 1.29 is 18.7 Å². The summed E-state index contributed by atoms with van der Waals surface area (Å²) in [4.78, 5) is 15.8. The molecule has 0 radical (unpaired) electrons. The number of aliphatic hydroxyl groups is 1. The molecule has 1 saturated carbocycles. The molecule has 0 aromatic heterocycles. The van der Waals surface area contributed by atoms with Crippen molar-refractivity contribution in [3.63, 3.8) is 0 Å². The van der Waals surface area contributed by atoms with Crippen molar-refractivity contribution in [1.82, 2.24) is 9.80 Å². The molecule has 0 spiro atoms. The highest BCUT2D eigenvalue weighted by atomic mass is 32.2. The van der Waals surface area contributed by atoms with E-state index in [0.717, 1.165) is 0 Å². The molecule has 1 N–H and O–H groups in total. The van der Waals surface area contributed by atoms with E-state index in [-0.39, 0.29) is 18.4 Å². The third-order valence-corrected chi connectivity index (χ3v) is 5.33. The SMILES string of the molecule is C[C@H]1CC(F)(F)CN1C(=O)C1=CSCN1C1CC(C)(O)C1. The highest BCUT2D eigenvalue weighted by Crippen LogP contribution is 2.41. The van der Waals surface area contributed by atoms with E-state index in [2.05, 4.69) is 0 Å². The molecule has 0 bridgehead atoms. The molecule has 1 aliphatic carbocycles. The Balaban J connectivity index is 1.70. The predicted octanol–water partition coefficient (Wildman–Crippen LogP) is 2.00. The molecule has 118 valence electrons. The Bertz CT molecular complexity index is 487. The normalized spacial score (nSPS) is 38.4. The first-order valence-corrected chi connectivity index (χ1v) is 8.23. The van der Waals surface area contributed by atoms with Crippen LogP contribution >= 0.6 is 11.8 Å². The summed E-state index contributed by atoms with van der Waals surface area (Å²) >= 11 is 1.50. The third-order valence-electron chi connectivity index (χ3n) is 4.52. The van der Waals surface area contributed by atoms with Crippen molar-refractivity contribution in [2.75, 3.05) is 12.4 Å². The van der Waals surface area contributed by atoms with Crippen LogP contribution in [-0.2, 0) is 4.79 Å². The minimum absolute atomic E-state index is 0.128. The van der Waals surface area contributed by atoms with Crippen LogP contribution in [-0.4, -0.2) is 56.8 Å². The van der Waals surface area contributed by atoms with Gasteiger partial charge in [0, 0.05) is 23.9 Å². The first kappa shape index (κ1) is 15.1. The molecule has 7 heteroatoms. The lowest BCUT2D eigenvalue weighted by Crippen LogP contribution is -2.54. The Kier molecular flexibility index (Phi) is 3.48. The average molecular weight is 318 g/mol. The fraction of sp³-hybridized carbons (Fsp3) is 0.786. The number of carbonyl (C=O) groups excluding carboxylic acids is 1. The number of nitrogens with zero attached hydrogens (tertiary/aromatic N) is 2. The fourth-order valence-corrected chi connectivity index (χ4v) is 4.40. The van der Waals surface area contributed by atoms with Gasteiger partial charge >= 0.3 is 0 Å². The van der Waals surface area contributed by atoms with Crippen molar-refractivity contribution in [1.29, 1.82) is 0 Å². The molecule has 4 nitrogen and oxygen atoms in total. The summed E-state index contributed by atoms with van der Waals surface area (Å²) in [6, 6.07) is -0.311. The zero-order valence-corrected chi connectivity index (χ0v) is 13.0. The molecule has 2 aliphatic heterocycles. The lowest BCUT2D eigenvalue weighted by atomic mass is 9.76. The third kappa shape index (κ3) is 2.77. The summed E-state index contributed by atoms with van der Waals surface area (Å²) in [5, 5.41) is 11.6. The molecule has 2 fully saturated rings. The van der Waals surface area contributed by atoms with Crippen molar-refractivity contribution in [2.24, 2.45) is 0 Å². The van der Waals surface area contributed by atoms with E-state index in [4.69, 9.17) is 0 Å². The molecular weight excluding hydrogens is 298 g/mol. The molecule has 1 saturated heterocycles. The van der Waals surface area contributed by atoms with Gasteiger partial charge in [0.2, 0.25) is 0 Å². The van der Waals surface area contributed by atoms with Crippen LogP contribution in [0.25, 0.3) is 0 Å². The van der Waals surface area contributed by atoms with Crippen LogP contribution in [0.15, 0.2) is 11.1 Å². The molecule has 0 unspecified atom stereocenters. The first-order valence-electron chi connectivity index (χ1n) is 7.18. The van der Waals surface area contributed by atoms with Gasteiger partial charge in [0.1, 0.15) is 5.70 Å². The topological polar surface area (TPSA) is 43.8 Å². The van der Waals surface area contributed by atoms with Crippen molar-refractivity contribution in [3.05, 3.63) is 11.1 Å². The summed E-state index contributed by atoms with van der Waals surface area (Å²) in [6.07, 6.45) is 0.963. The van der Waals surface area contributed by atoms with Crippen LogP contribution in [0.5, 0.6) is 0 Å². The number of rotatable bonds is 2. The summed E-state index contributed by atoms with van der Waals surface area (Å²) in [7, 11) is 0. The van der Waals surface area contributed by atoms with E-state index in [9.17, 15) is 18.7 Å². The number of amides is 1. The Labute approximate surface area is 127 Å². The van der Waals surface area contributed by atoms with E-state index in [1.807, 2.05) is 4.90 Å². The number of alkyl halides is 2. The molecule has 0 aromatic carbocycles. The molecule has 2 heterocycles. The zero-order chi connectivity index (χ0) is 15.4. The summed E-state index contributed by atoms with van der Waals surface area (Å²) < 4.78 is 26.9. The fourth-order valence-electron chi connectivity index (χ4n) is 3.42. The van der Waals surface area contributed by atoms with E-state index in [1.165, 1.54) is 16.7 Å². The molecule has 1 atom stereocenters. The average Bonchev–Trinajstić information content (AvgIpc) is 2.89. The van der Waals surface area contributed by atoms with E-state index in [1.54, 1.807) is 19.3 Å². The van der Waals surface area contributed by atoms with E-state index < -0.39 is 24.1 Å². The Morgan fingerprint density at radius 3 is 2.62 bits per heavy atom. The monoisotopic (exact) mass is 318 g/mol. The number of carbonyl (C=O) groups is 1. The maximum atomic E-state index is 13.5. The van der Waals surface area contributed by atoms with Gasteiger partial charge in [-0.25, -0.2) is 8.78 Å². The van der Waals surface area contributed by atoms with Crippen molar-refractivity contribution in [2.45, 2.75) is 56.7 Å². The summed E-state index contributed by atoms with van der Waals surface area (Å²) in [5.74, 6) is -2.44. The Morgan fingerprint density at radius 2 is 2.10 bits per heavy atom. The molecular formula is C14H20F2N2O2S. The minimum atomic E-state index is -2.79. The van der Waals surface area contributed by atoms with Crippen LogP contribution in [0.3, 0.4) is 0 Å². The van der Waals surface area contributed by atoms with Gasteiger partial charge < -0.3 is 14.9 Å². The van der Waals surface area contributed by atoms with Gasteiger partial charge in [-0.05, 0) is 26.7 Å². The molecule has 3 rings (SSSR count). The second-order valence-corrected chi connectivity index (χ2v) is 7.50. The maximum Gasteiger partial charge on any atom is 0.271 e. The van der Waals surface area contributed by atoms with Crippen LogP contribution in [0.4, 0.5) is 8.78 Å². The number of likely N-dealkylation sites (tertiary alicyclic amines) is 1. The van der Waals surface area contributed by atoms with Gasteiger partial charge in [-0.2, -0.15) is 0 Å². The summed E-state index contributed by atoms with van der Waals surface area (Å²) in [5.41, 5.74) is -0.162. The highest BCUT2D eigenvalue weighted by Gasteiger charge is 2.48. The van der Waals surface area contributed by atoms with Gasteiger partial charge in [0.25, 0.3) is 11.8 Å². The van der Waals surface area contributed by atoms with E-state index >= 15 is 0 Å². The lowest BCUT2D eigenvalue weighted by Gasteiger charge is -2.47. The lowest BCUT2D eigenvalue weighted by molar-refractivity contribution is -0.132. The number of halogens is 2. The largest absolute Gasteiger partial charge is 0.390 e. The van der Waals surface area contributed by atoms with Crippen LogP contribution in [0.1, 0.15) is 33.1 Å². The van der Waals surface area contributed by atoms with Crippen LogP contribution in [0, 0.1) is 0 Å². The van der Waals surface area contributed by atoms with Crippen molar-refractivity contribution in [3.8, 4) is 0 Å². The van der Waals surface area contributed by atoms with Crippen LogP contribution in [0.2, 0.25) is 0 Å². The number of hydrogen-bond donors (Lipinski definition) is 1. The number of thioether (sulfide) groups is 1. The second-order valence-electron chi connectivity index (χ2n) is 6.67. The first-order chi connectivity index (χ1) is 9.69. The Morgan fingerprint density at radius 1 is 1.43 bits per heavy atom. The van der Waals surface area contributed by atoms with Crippen LogP contribution < -0.4 is 0 Å². The van der Waals surface area contributed by atoms with Gasteiger partial charge in [0.05, 0.1) is 18.0 Å². The van der Waals surface area contributed by atoms with Gasteiger partial charge in [0.15, 0.2) is 0 Å². The molecule has 1 amide bonds. The minimum Gasteiger partial charge on any atom is -0.390 e. The maximum absolute atomic E-state index is 13.5.